The Balaban J connectivity index is 1.81. The highest BCUT2D eigenvalue weighted by atomic mass is 32.1. The Morgan fingerprint density at radius 3 is 2.03 bits per heavy atom. The van der Waals surface area contributed by atoms with Gasteiger partial charge < -0.3 is 14.3 Å². The minimum Gasteiger partial charge on any atom is -0.477 e. The van der Waals surface area contributed by atoms with E-state index in [-0.39, 0.29) is 28.8 Å². The number of carboxylic acid groups (broad SMARTS) is 1. The molecule has 0 aliphatic rings. The number of benzene rings is 2. The molecule has 0 saturated heterocycles. The molecule has 0 amide bonds. The number of esters is 1. The summed E-state index contributed by atoms with van der Waals surface area (Å²) in [5, 5.41) is 11.5. The lowest BCUT2D eigenvalue weighted by Gasteiger charge is -2.43. The van der Waals surface area contributed by atoms with E-state index >= 15 is 0 Å². The number of carboxylic acids is 1. The maximum Gasteiger partial charge on any atom is 0.356 e. The molecule has 0 spiro atoms. The number of thiophene rings is 1. The van der Waals surface area contributed by atoms with Gasteiger partial charge in [0.15, 0.2) is 0 Å². The smallest absolute Gasteiger partial charge is 0.356 e. The molecule has 38 heavy (non-hydrogen) atoms. The predicted octanol–water partition coefficient (Wildman–Crippen LogP) is 5.76. The van der Waals surface area contributed by atoms with Crippen LogP contribution in [0.2, 0.25) is 5.04 Å². The molecule has 4 rings (SSSR count). The largest absolute Gasteiger partial charge is 0.477 e. The van der Waals surface area contributed by atoms with Gasteiger partial charge in [0.1, 0.15) is 10.6 Å². The molecule has 0 aliphatic carbocycles. The van der Waals surface area contributed by atoms with Gasteiger partial charge in [0.25, 0.3) is 8.32 Å². The lowest BCUT2D eigenvalue weighted by molar-refractivity contribution is 0.0518. The summed E-state index contributed by atoms with van der Waals surface area (Å²) < 4.78 is 12.2. The molecule has 4 aromatic rings. The number of nitrogens with zero attached hydrogens (tertiary/aromatic N) is 1. The highest BCUT2D eigenvalue weighted by molar-refractivity contribution is 7.17. The fraction of sp³-hybridized carbons (Fsp3) is 0.233. The lowest BCUT2D eigenvalue weighted by atomic mass is 10.1. The van der Waals surface area contributed by atoms with Crippen molar-refractivity contribution in [2.24, 2.45) is 0 Å². The summed E-state index contributed by atoms with van der Waals surface area (Å²) in [6.07, 6.45) is 0. The highest BCUT2D eigenvalue weighted by Crippen LogP contribution is 2.37. The number of aromatic nitrogens is 1. The van der Waals surface area contributed by atoms with E-state index in [1.807, 2.05) is 42.5 Å². The van der Waals surface area contributed by atoms with Gasteiger partial charge in [0.05, 0.1) is 18.9 Å². The van der Waals surface area contributed by atoms with Gasteiger partial charge >= 0.3 is 11.9 Å². The van der Waals surface area contributed by atoms with E-state index in [1.165, 1.54) is 0 Å². The standard InChI is InChI=1S/C30H31NO5SSi/c1-5-35-29(34)25-19-21(26-16-17-27(37-26)28(32)33)18-22(31-25)20-36-38(30(2,3)4,23-12-8-6-9-13-23)24-14-10-7-11-15-24/h6-19H,5,20H2,1-4H3,(H,32,33). The minimum absolute atomic E-state index is 0.163. The lowest BCUT2D eigenvalue weighted by Crippen LogP contribution is -2.66. The summed E-state index contributed by atoms with van der Waals surface area (Å²) in [4.78, 5) is 29.7. The Kier molecular flexibility index (Phi) is 8.25. The quantitative estimate of drug-likeness (QED) is 0.213. The Bertz CT molecular complexity index is 1370. The van der Waals surface area contributed by atoms with Crippen molar-refractivity contribution in [1.82, 2.24) is 4.98 Å². The van der Waals surface area contributed by atoms with Crippen molar-refractivity contribution in [3.63, 3.8) is 0 Å². The molecule has 8 heteroatoms. The molecule has 0 fully saturated rings. The van der Waals surface area contributed by atoms with Crippen LogP contribution in [0.5, 0.6) is 0 Å². The fourth-order valence-electron chi connectivity index (χ4n) is 4.67. The van der Waals surface area contributed by atoms with Crippen molar-refractivity contribution >= 4 is 42.0 Å². The number of carbonyl (C=O) groups excluding carboxylic acids is 1. The molecular formula is C30H31NO5SSi. The molecule has 2 aromatic carbocycles. The van der Waals surface area contributed by atoms with Gasteiger partial charge in [-0.15, -0.1) is 11.3 Å². The van der Waals surface area contributed by atoms with Gasteiger partial charge in [-0.2, -0.15) is 0 Å². The molecule has 6 nitrogen and oxygen atoms in total. The van der Waals surface area contributed by atoms with Gasteiger partial charge in [-0.1, -0.05) is 81.4 Å². The van der Waals surface area contributed by atoms with Crippen LogP contribution < -0.4 is 10.4 Å². The van der Waals surface area contributed by atoms with Crippen LogP contribution >= 0.6 is 11.3 Å². The molecule has 0 saturated carbocycles. The summed E-state index contributed by atoms with van der Waals surface area (Å²) in [5.74, 6) is -1.52. The third kappa shape index (κ3) is 5.62. The summed E-state index contributed by atoms with van der Waals surface area (Å²) >= 11 is 1.15. The Morgan fingerprint density at radius 2 is 1.53 bits per heavy atom. The molecule has 0 bridgehead atoms. The molecular weight excluding hydrogens is 514 g/mol. The zero-order valence-electron chi connectivity index (χ0n) is 21.9. The number of hydrogen-bond donors (Lipinski definition) is 1. The van der Waals surface area contributed by atoms with Crippen LogP contribution in [0.4, 0.5) is 0 Å². The van der Waals surface area contributed by atoms with Gasteiger partial charge in [0, 0.05) is 4.88 Å². The highest BCUT2D eigenvalue weighted by Gasteiger charge is 2.50. The second-order valence-electron chi connectivity index (χ2n) is 9.87. The number of hydrogen-bond acceptors (Lipinski definition) is 6. The SMILES string of the molecule is CCOC(=O)c1cc(-c2ccc(C(=O)O)s2)cc(CO[Si](c2ccccc2)(c2ccccc2)C(C)(C)C)n1. The van der Waals surface area contributed by atoms with Crippen LogP contribution in [0, 0.1) is 0 Å². The first-order valence-electron chi connectivity index (χ1n) is 12.4. The van der Waals surface area contributed by atoms with Gasteiger partial charge in [0.2, 0.25) is 0 Å². The van der Waals surface area contributed by atoms with Crippen LogP contribution in [-0.2, 0) is 15.8 Å². The van der Waals surface area contributed by atoms with Gasteiger partial charge in [-0.3, -0.25) is 0 Å². The van der Waals surface area contributed by atoms with Crippen molar-refractivity contribution < 1.29 is 23.9 Å². The number of aromatic carboxylic acids is 1. The molecule has 0 unspecified atom stereocenters. The zero-order chi connectivity index (χ0) is 27.3. The maximum atomic E-state index is 12.7. The predicted molar refractivity (Wildman–Crippen MR) is 153 cm³/mol. The maximum absolute atomic E-state index is 12.7. The first kappa shape index (κ1) is 27.4. The average molecular weight is 546 g/mol. The average Bonchev–Trinajstić information content (AvgIpc) is 3.41. The van der Waals surface area contributed by atoms with Crippen molar-refractivity contribution in [2.45, 2.75) is 39.3 Å². The van der Waals surface area contributed by atoms with E-state index in [9.17, 15) is 14.7 Å². The van der Waals surface area contributed by atoms with Crippen LogP contribution in [0.15, 0.2) is 84.9 Å². The number of carbonyl (C=O) groups is 2. The number of pyridine rings is 1. The summed E-state index contributed by atoms with van der Waals surface area (Å²) in [7, 11) is -2.83. The fourth-order valence-corrected chi connectivity index (χ4v) is 10.0. The van der Waals surface area contributed by atoms with E-state index in [4.69, 9.17) is 9.16 Å². The Hall–Kier alpha value is -3.59. The van der Waals surface area contributed by atoms with E-state index in [0.29, 0.717) is 11.3 Å². The summed E-state index contributed by atoms with van der Waals surface area (Å²) in [5.41, 5.74) is 1.43. The van der Waals surface area contributed by atoms with E-state index < -0.39 is 20.3 Å². The van der Waals surface area contributed by atoms with E-state index in [0.717, 1.165) is 26.6 Å². The molecule has 0 atom stereocenters. The number of rotatable bonds is 9. The topological polar surface area (TPSA) is 85.7 Å². The molecule has 1 N–H and O–H groups in total. The second kappa shape index (κ2) is 11.4. The van der Waals surface area contributed by atoms with Crippen LogP contribution in [0.1, 0.15) is 53.5 Å². The van der Waals surface area contributed by atoms with Gasteiger partial charge in [-0.05, 0) is 52.2 Å². The van der Waals surface area contributed by atoms with Crippen LogP contribution in [0.25, 0.3) is 10.4 Å². The van der Waals surface area contributed by atoms with Crippen molar-refractivity contribution in [3.05, 3.63) is 101 Å². The number of ether oxygens (including phenoxy) is 1. The first-order chi connectivity index (χ1) is 18.2. The zero-order valence-corrected chi connectivity index (χ0v) is 23.7. The molecule has 196 valence electrons. The summed E-state index contributed by atoms with van der Waals surface area (Å²) in [6, 6.07) is 27.4. The van der Waals surface area contributed by atoms with Crippen molar-refractivity contribution in [3.8, 4) is 10.4 Å². The molecule has 0 radical (unpaired) electrons. The molecule has 2 heterocycles. The summed E-state index contributed by atoms with van der Waals surface area (Å²) in [6.45, 7) is 8.74. The minimum atomic E-state index is -2.83. The van der Waals surface area contributed by atoms with Gasteiger partial charge in [-0.25, -0.2) is 14.6 Å². The molecule has 0 aliphatic heterocycles. The van der Waals surface area contributed by atoms with Crippen molar-refractivity contribution in [2.75, 3.05) is 6.61 Å². The van der Waals surface area contributed by atoms with E-state index in [1.54, 1.807) is 25.1 Å². The van der Waals surface area contributed by atoms with E-state index in [2.05, 4.69) is 50.0 Å². The monoisotopic (exact) mass is 545 g/mol. The first-order valence-corrected chi connectivity index (χ1v) is 15.1. The molecule has 2 aromatic heterocycles. The van der Waals surface area contributed by atoms with Crippen molar-refractivity contribution in [1.29, 1.82) is 0 Å². The Morgan fingerprint density at radius 1 is 0.921 bits per heavy atom. The normalized spacial score (nSPS) is 11.8. The third-order valence-electron chi connectivity index (χ3n) is 6.32. The second-order valence-corrected chi connectivity index (χ2v) is 15.3. The van der Waals surface area contributed by atoms with Crippen LogP contribution in [-0.4, -0.2) is 37.0 Å². The third-order valence-corrected chi connectivity index (χ3v) is 12.4. The van der Waals surface area contributed by atoms with Crippen LogP contribution in [0.3, 0.4) is 0 Å². The Labute approximate surface area is 228 Å².